The summed E-state index contributed by atoms with van der Waals surface area (Å²) in [6, 6.07) is 11.6. The van der Waals surface area contributed by atoms with Crippen LogP contribution >= 0.6 is 11.6 Å². The van der Waals surface area contributed by atoms with Crippen molar-refractivity contribution >= 4 is 34.3 Å². The molecule has 0 unspecified atom stereocenters. The minimum atomic E-state index is 0.116. The smallest absolute Gasteiger partial charge is 0.228 e. The maximum Gasteiger partial charge on any atom is 0.228 e. The van der Waals surface area contributed by atoms with Gasteiger partial charge in [-0.2, -0.15) is 0 Å². The average molecular weight is 449 g/mol. The summed E-state index contributed by atoms with van der Waals surface area (Å²) in [6.45, 7) is 2.12. The molecule has 4 aliphatic carbocycles. The number of anilines is 1. The molecule has 4 nitrogen and oxygen atoms in total. The van der Waals surface area contributed by atoms with Crippen molar-refractivity contribution in [3.63, 3.8) is 0 Å². The van der Waals surface area contributed by atoms with Gasteiger partial charge in [0.1, 0.15) is 5.52 Å². The van der Waals surface area contributed by atoms with Gasteiger partial charge in [0.2, 0.25) is 11.8 Å². The highest BCUT2D eigenvalue weighted by Gasteiger charge is 2.51. The van der Waals surface area contributed by atoms with Gasteiger partial charge in [0.25, 0.3) is 0 Å². The number of rotatable bonds is 5. The lowest BCUT2D eigenvalue weighted by atomic mass is 9.49. The number of benzene rings is 2. The fourth-order valence-electron chi connectivity index (χ4n) is 7.13. The van der Waals surface area contributed by atoms with Gasteiger partial charge in [-0.25, -0.2) is 4.98 Å². The van der Waals surface area contributed by atoms with Crippen LogP contribution in [0.5, 0.6) is 0 Å². The van der Waals surface area contributed by atoms with Crippen LogP contribution in [0.3, 0.4) is 0 Å². The Kier molecular flexibility index (Phi) is 4.83. The standard InChI is InChI=1S/C27H29ClN2O2/c1-2-16-3-6-24-23(10-16)30-26(32-24)21-11-20(4-5-22(21)28)29-25(31)15-27-12-17-7-18(13-27)9-19(8-17)14-27/h3-6,10-11,17-19H,2,7-9,12-15H2,1H3,(H,29,31). The van der Waals surface area contributed by atoms with E-state index in [2.05, 4.69) is 23.3 Å². The largest absolute Gasteiger partial charge is 0.436 e. The van der Waals surface area contributed by atoms with Crippen LogP contribution in [-0.2, 0) is 11.2 Å². The number of aryl methyl sites for hydroxylation is 1. The van der Waals surface area contributed by atoms with Gasteiger partial charge < -0.3 is 9.73 Å². The molecule has 4 fully saturated rings. The molecular formula is C27H29ClN2O2. The summed E-state index contributed by atoms with van der Waals surface area (Å²) < 4.78 is 5.98. The maximum absolute atomic E-state index is 13.1. The van der Waals surface area contributed by atoms with Crippen LogP contribution in [0, 0.1) is 23.2 Å². The number of hydrogen-bond donors (Lipinski definition) is 1. The molecule has 4 aliphatic rings. The van der Waals surface area contributed by atoms with E-state index in [0.29, 0.717) is 22.9 Å². The number of carbonyl (C=O) groups is 1. The fourth-order valence-corrected chi connectivity index (χ4v) is 7.33. The Hall–Kier alpha value is -2.33. The van der Waals surface area contributed by atoms with E-state index in [-0.39, 0.29) is 11.3 Å². The van der Waals surface area contributed by atoms with Gasteiger partial charge in [-0.1, -0.05) is 24.6 Å². The molecule has 1 aromatic heterocycles. The zero-order chi connectivity index (χ0) is 21.9. The lowest BCUT2D eigenvalue weighted by Crippen LogP contribution is -2.47. The van der Waals surface area contributed by atoms with Gasteiger partial charge in [0, 0.05) is 12.1 Å². The highest BCUT2D eigenvalue weighted by molar-refractivity contribution is 6.33. The highest BCUT2D eigenvalue weighted by atomic mass is 35.5. The van der Waals surface area contributed by atoms with Gasteiger partial charge in [-0.3, -0.25) is 4.79 Å². The molecule has 1 N–H and O–H groups in total. The molecule has 3 aromatic rings. The Bertz CT molecular complexity index is 1160. The Labute approximate surface area is 193 Å². The third kappa shape index (κ3) is 3.63. The molecule has 1 heterocycles. The van der Waals surface area contributed by atoms with Crippen LogP contribution in [0.25, 0.3) is 22.6 Å². The first-order valence-electron chi connectivity index (χ1n) is 12.0. The molecule has 166 valence electrons. The van der Waals surface area contributed by atoms with Crippen LogP contribution in [0.15, 0.2) is 40.8 Å². The molecule has 2 aromatic carbocycles. The Balaban J connectivity index is 1.22. The van der Waals surface area contributed by atoms with Crippen molar-refractivity contribution in [2.24, 2.45) is 23.2 Å². The third-order valence-corrected chi connectivity index (χ3v) is 8.37. The first-order valence-corrected chi connectivity index (χ1v) is 12.4. The van der Waals surface area contributed by atoms with E-state index in [0.717, 1.165) is 41.0 Å². The molecule has 32 heavy (non-hydrogen) atoms. The van der Waals surface area contributed by atoms with Gasteiger partial charge in [0.05, 0.1) is 10.6 Å². The summed E-state index contributed by atoms with van der Waals surface area (Å²) >= 11 is 6.49. The van der Waals surface area contributed by atoms with Crippen molar-refractivity contribution in [1.82, 2.24) is 4.98 Å². The van der Waals surface area contributed by atoms with Crippen LogP contribution < -0.4 is 5.32 Å². The van der Waals surface area contributed by atoms with E-state index in [1.54, 1.807) is 0 Å². The predicted octanol–water partition coefficient (Wildman–Crippen LogP) is 7.26. The van der Waals surface area contributed by atoms with Crippen molar-refractivity contribution in [3.05, 3.63) is 47.0 Å². The second-order valence-electron chi connectivity index (χ2n) is 10.5. The summed E-state index contributed by atoms with van der Waals surface area (Å²) in [5.74, 6) is 3.15. The second-order valence-corrected chi connectivity index (χ2v) is 10.9. The lowest BCUT2D eigenvalue weighted by Gasteiger charge is -2.56. The monoisotopic (exact) mass is 448 g/mol. The molecule has 4 bridgehead atoms. The normalized spacial score (nSPS) is 28.4. The van der Waals surface area contributed by atoms with E-state index in [1.807, 2.05) is 30.3 Å². The topological polar surface area (TPSA) is 55.1 Å². The zero-order valence-electron chi connectivity index (χ0n) is 18.5. The predicted molar refractivity (Wildman–Crippen MR) is 128 cm³/mol. The number of hydrogen-bond acceptors (Lipinski definition) is 3. The fraction of sp³-hybridized carbons (Fsp3) is 0.481. The molecule has 1 amide bonds. The van der Waals surface area contributed by atoms with Gasteiger partial charge in [-0.05, 0) is 104 Å². The first kappa shape index (κ1) is 20.3. The summed E-state index contributed by atoms with van der Waals surface area (Å²) in [5.41, 5.74) is 4.46. The molecule has 0 atom stereocenters. The molecule has 0 aliphatic heterocycles. The summed E-state index contributed by atoms with van der Waals surface area (Å²) in [7, 11) is 0. The average Bonchev–Trinajstić information content (AvgIpc) is 3.16. The summed E-state index contributed by atoms with van der Waals surface area (Å²) in [4.78, 5) is 17.7. The maximum atomic E-state index is 13.1. The van der Waals surface area contributed by atoms with Crippen molar-refractivity contribution in [3.8, 4) is 11.5 Å². The molecule has 0 spiro atoms. The first-order chi connectivity index (χ1) is 15.5. The number of nitrogens with one attached hydrogen (secondary N) is 1. The van der Waals surface area contributed by atoms with Crippen molar-refractivity contribution in [1.29, 1.82) is 0 Å². The van der Waals surface area contributed by atoms with E-state index < -0.39 is 0 Å². The quantitative estimate of drug-likeness (QED) is 0.447. The van der Waals surface area contributed by atoms with E-state index in [1.165, 1.54) is 44.1 Å². The third-order valence-electron chi connectivity index (χ3n) is 8.04. The molecule has 5 heteroatoms. The molecule has 4 saturated carbocycles. The van der Waals surface area contributed by atoms with Gasteiger partial charge in [-0.15, -0.1) is 0 Å². The molecular weight excluding hydrogens is 420 g/mol. The number of amides is 1. The lowest BCUT2D eigenvalue weighted by molar-refractivity contribution is -0.124. The van der Waals surface area contributed by atoms with Crippen molar-refractivity contribution < 1.29 is 9.21 Å². The molecule has 0 saturated heterocycles. The van der Waals surface area contributed by atoms with E-state index in [9.17, 15) is 4.79 Å². The number of halogens is 1. The van der Waals surface area contributed by atoms with E-state index >= 15 is 0 Å². The van der Waals surface area contributed by atoms with Gasteiger partial charge >= 0.3 is 0 Å². The van der Waals surface area contributed by atoms with Crippen molar-refractivity contribution in [2.75, 3.05) is 5.32 Å². The Morgan fingerprint density at radius 2 is 1.81 bits per heavy atom. The summed E-state index contributed by atoms with van der Waals surface area (Å²) in [5, 5.41) is 3.70. The van der Waals surface area contributed by atoms with E-state index in [4.69, 9.17) is 16.0 Å². The SMILES string of the molecule is CCc1ccc2oc(-c3cc(NC(=O)CC45CC6CC(CC(C6)C4)C5)ccc3Cl)nc2c1. The molecule has 7 rings (SSSR count). The van der Waals surface area contributed by atoms with Crippen LogP contribution in [-0.4, -0.2) is 10.9 Å². The van der Waals surface area contributed by atoms with Crippen LogP contribution in [0.4, 0.5) is 5.69 Å². The van der Waals surface area contributed by atoms with Crippen LogP contribution in [0.2, 0.25) is 5.02 Å². The summed E-state index contributed by atoms with van der Waals surface area (Å²) in [6.07, 6.45) is 9.48. The van der Waals surface area contributed by atoms with Gasteiger partial charge in [0.15, 0.2) is 5.58 Å². The minimum Gasteiger partial charge on any atom is -0.436 e. The second kappa shape index (κ2) is 7.62. The highest BCUT2D eigenvalue weighted by Crippen LogP contribution is 2.61. The zero-order valence-corrected chi connectivity index (χ0v) is 19.3. The number of carbonyl (C=O) groups excluding carboxylic acids is 1. The van der Waals surface area contributed by atoms with Crippen molar-refractivity contribution in [2.45, 2.75) is 58.3 Å². The number of nitrogens with zero attached hydrogens (tertiary/aromatic N) is 1. The molecule has 0 radical (unpaired) electrons. The Morgan fingerprint density at radius 3 is 2.50 bits per heavy atom. The van der Waals surface area contributed by atoms with Crippen LogP contribution in [0.1, 0.15) is 57.4 Å². The number of fused-ring (bicyclic) bond motifs is 1. The number of oxazole rings is 1. The Morgan fingerprint density at radius 1 is 1.09 bits per heavy atom. The number of aromatic nitrogens is 1. The minimum absolute atomic E-state index is 0.116.